The van der Waals surface area contributed by atoms with E-state index < -0.39 is 0 Å². The lowest BCUT2D eigenvalue weighted by atomic mass is 10.0. The summed E-state index contributed by atoms with van der Waals surface area (Å²) in [5, 5.41) is 3.47. The number of benzene rings is 1. The summed E-state index contributed by atoms with van der Waals surface area (Å²) in [6, 6.07) is 8.98. The van der Waals surface area contributed by atoms with E-state index in [2.05, 4.69) is 50.0 Å². The second kappa shape index (κ2) is 9.23. The summed E-state index contributed by atoms with van der Waals surface area (Å²) in [7, 11) is 0. The minimum absolute atomic E-state index is 0.732. The molecule has 0 fully saturated rings. The van der Waals surface area contributed by atoms with Crippen LogP contribution < -0.4 is 5.32 Å². The highest BCUT2D eigenvalue weighted by Crippen LogP contribution is 2.09. The fourth-order valence-electron chi connectivity index (χ4n) is 1.81. The van der Waals surface area contributed by atoms with Crippen molar-refractivity contribution in [3.8, 4) is 0 Å². The zero-order chi connectivity index (χ0) is 13.2. The second-order valence-electron chi connectivity index (χ2n) is 4.95. The van der Waals surface area contributed by atoms with Crippen LogP contribution in [0.25, 0.3) is 0 Å². The first-order valence-corrected chi connectivity index (χ1v) is 7.85. The Labute approximate surface area is 116 Å². The van der Waals surface area contributed by atoms with Crippen LogP contribution in [-0.4, -0.2) is 18.1 Å². The molecule has 0 saturated carbocycles. The summed E-state index contributed by atoms with van der Waals surface area (Å²) in [6.07, 6.45) is 3.13. The molecular formula is C16H25NS. The molecule has 1 nitrogen and oxygen atoms in total. The number of thioether (sulfide) groups is 1. The van der Waals surface area contributed by atoms with Crippen molar-refractivity contribution in [1.29, 1.82) is 0 Å². The fourth-order valence-corrected chi connectivity index (χ4v) is 2.43. The van der Waals surface area contributed by atoms with Gasteiger partial charge in [-0.1, -0.05) is 44.2 Å². The zero-order valence-corrected chi connectivity index (χ0v) is 12.4. The minimum atomic E-state index is 0.732. The lowest BCUT2D eigenvalue weighted by Gasteiger charge is -2.07. The fraction of sp³-hybridized carbons (Fsp3) is 0.500. The largest absolute Gasteiger partial charge is 0.312 e. The summed E-state index contributed by atoms with van der Waals surface area (Å²) in [4.78, 5) is 0. The number of rotatable bonds is 9. The molecule has 0 bridgehead atoms. The molecule has 0 radical (unpaired) electrons. The lowest BCUT2D eigenvalue weighted by Crippen LogP contribution is -2.16. The highest BCUT2D eigenvalue weighted by atomic mass is 32.2. The van der Waals surface area contributed by atoms with Gasteiger partial charge >= 0.3 is 0 Å². The van der Waals surface area contributed by atoms with E-state index in [0.717, 1.165) is 30.5 Å². The van der Waals surface area contributed by atoms with Gasteiger partial charge in [-0.2, -0.15) is 11.8 Å². The highest BCUT2D eigenvalue weighted by Gasteiger charge is 1.98. The zero-order valence-electron chi connectivity index (χ0n) is 11.6. The summed E-state index contributed by atoms with van der Waals surface area (Å²) < 4.78 is 0. The third-order valence-corrected chi connectivity index (χ3v) is 3.62. The molecule has 0 unspecified atom stereocenters. The molecule has 0 atom stereocenters. The molecule has 0 aliphatic rings. The predicted molar refractivity (Wildman–Crippen MR) is 84.2 cm³/mol. The molecule has 100 valence electrons. The van der Waals surface area contributed by atoms with E-state index in [-0.39, 0.29) is 0 Å². The van der Waals surface area contributed by atoms with E-state index in [1.165, 1.54) is 17.5 Å². The maximum atomic E-state index is 3.71. The van der Waals surface area contributed by atoms with Gasteiger partial charge in [0.25, 0.3) is 0 Å². The van der Waals surface area contributed by atoms with Gasteiger partial charge in [0.15, 0.2) is 0 Å². The second-order valence-corrected chi connectivity index (χ2v) is 6.10. The molecule has 1 aromatic rings. The van der Waals surface area contributed by atoms with Crippen molar-refractivity contribution in [3.63, 3.8) is 0 Å². The molecule has 0 spiro atoms. The van der Waals surface area contributed by atoms with Gasteiger partial charge in [0.2, 0.25) is 0 Å². The van der Waals surface area contributed by atoms with Gasteiger partial charge in [0.1, 0.15) is 0 Å². The first-order valence-electron chi connectivity index (χ1n) is 6.69. The van der Waals surface area contributed by atoms with Gasteiger partial charge in [-0.3, -0.25) is 0 Å². The van der Waals surface area contributed by atoms with Crippen LogP contribution in [0.15, 0.2) is 36.9 Å². The monoisotopic (exact) mass is 263 g/mol. The molecule has 1 N–H and O–H groups in total. The van der Waals surface area contributed by atoms with Gasteiger partial charge in [0, 0.05) is 24.6 Å². The molecule has 0 aliphatic heterocycles. The van der Waals surface area contributed by atoms with E-state index >= 15 is 0 Å². The van der Waals surface area contributed by atoms with Crippen molar-refractivity contribution in [1.82, 2.24) is 5.32 Å². The van der Waals surface area contributed by atoms with E-state index in [1.54, 1.807) is 0 Å². The standard InChI is InChI=1S/C16H25NS/c1-4-10-18-11-9-17-13-16-7-5-15(6-8-16)12-14(2)3/h4-8,14,17H,1,9-13H2,2-3H3. The normalized spacial score (nSPS) is 10.8. The Balaban J connectivity index is 2.20. The first-order chi connectivity index (χ1) is 8.72. The Hall–Kier alpha value is -0.730. The SMILES string of the molecule is C=CCSCCNCc1ccc(CC(C)C)cc1. The summed E-state index contributed by atoms with van der Waals surface area (Å²) in [5.41, 5.74) is 2.81. The topological polar surface area (TPSA) is 12.0 Å². The quantitative estimate of drug-likeness (QED) is 0.536. The van der Waals surface area contributed by atoms with Crippen LogP contribution >= 0.6 is 11.8 Å². The van der Waals surface area contributed by atoms with E-state index in [9.17, 15) is 0 Å². The van der Waals surface area contributed by atoms with Crippen LogP contribution in [0.5, 0.6) is 0 Å². The van der Waals surface area contributed by atoms with Crippen LogP contribution in [0.3, 0.4) is 0 Å². The molecular weight excluding hydrogens is 238 g/mol. The van der Waals surface area contributed by atoms with Crippen LogP contribution in [0.4, 0.5) is 0 Å². The van der Waals surface area contributed by atoms with E-state index in [1.807, 2.05) is 17.8 Å². The van der Waals surface area contributed by atoms with E-state index in [0.29, 0.717) is 0 Å². The Morgan fingerprint density at radius 1 is 1.22 bits per heavy atom. The predicted octanol–water partition coefficient (Wildman–Crippen LogP) is 3.89. The molecule has 1 rings (SSSR count). The molecule has 18 heavy (non-hydrogen) atoms. The average Bonchev–Trinajstić information content (AvgIpc) is 2.35. The third-order valence-electron chi connectivity index (χ3n) is 2.65. The molecule has 0 heterocycles. The van der Waals surface area contributed by atoms with Crippen LogP contribution in [0.1, 0.15) is 25.0 Å². The molecule has 0 amide bonds. The van der Waals surface area contributed by atoms with Crippen molar-refractivity contribution in [2.45, 2.75) is 26.8 Å². The van der Waals surface area contributed by atoms with Crippen molar-refractivity contribution >= 4 is 11.8 Å². The molecule has 2 heteroatoms. The summed E-state index contributed by atoms with van der Waals surface area (Å²) >= 11 is 1.92. The van der Waals surface area contributed by atoms with Crippen LogP contribution in [-0.2, 0) is 13.0 Å². The van der Waals surface area contributed by atoms with Gasteiger partial charge < -0.3 is 5.32 Å². The smallest absolute Gasteiger partial charge is 0.0205 e. The van der Waals surface area contributed by atoms with Crippen molar-refractivity contribution in [3.05, 3.63) is 48.0 Å². The number of hydrogen-bond acceptors (Lipinski definition) is 2. The van der Waals surface area contributed by atoms with Crippen molar-refractivity contribution in [2.75, 3.05) is 18.1 Å². The number of hydrogen-bond donors (Lipinski definition) is 1. The van der Waals surface area contributed by atoms with E-state index in [4.69, 9.17) is 0 Å². The average molecular weight is 263 g/mol. The Bertz CT molecular complexity index is 329. The lowest BCUT2D eigenvalue weighted by molar-refractivity contribution is 0.646. The van der Waals surface area contributed by atoms with Crippen LogP contribution in [0.2, 0.25) is 0 Å². The Kier molecular flexibility index (Phi) is 7.86. The van der Waals surface area contributed by atoms with Gasteiger partial charge in [0.05, 0.1) is 0 Å². The maximum Gasteiger partial charge on any atom is 0.0205 e. The molecule has 1 aromatic carbocycles. The summed E-state index contributed by atoms with van der Waals surface area (Å²) in [6.45, 7) is 10.3. The summed E-state index contributed by atoms with van der Waals surface area (Å²) in [5.74, 6) is 2.93. The Morgan fingerprint density at radius 2 is 1.89 bits per heavy atom. The van der Waals surface area contributed by atoms with Crippen LogP contribution in [0, 0.1) is 5.92 Å². The third kappa shape index (κ3) is 6.87. The first kappa shape index (κ1) is 15.3. The molecule has 0 saturated heterocycles. The maximum absolute atomic E-state index is 3.71. The van der Waals surface area contributed by atoms with Gasteiger partial charge in [-0.25, -0.2) is 0 Å². The molecule has 0 aliphatic carbocycles. The number of nitrogens with one attached hydrogen (secondary N) is 1. The van der Waals surface area contributed by atoms with Crippen molar-refractivity contribution < 1.29 is 0 Å². The molecule has 0 aromatic heterocycles. The van der Waals surface area contributed by atoms with Gasteiger partial charge in [-0.15, -0.1) is 6.58 Å². The van der Waals surface area contributed by atoms with Crippen molar-refractivity contribution in [2.24, 2.45) is 5.92 Å². The minimum Gasteiger partial charge on any atom is -0.312 e. The van der Waals surface area contributed by atoms with Gasteiger partial charge in [-0.05, 0) is 23.5 Å². The highest BCUT2D eigenvalue weighted by molar-refractivity contribution is 7.99. The Morgan fingerprint density at radius 3 is 2.50 bits per heavy atom.